The third-order valence-electron chi connectivity index (χ3n) is 14.5. The minimum Gasteiger partial charge on any atom is -0.309 e. The van der Waals surface area contributed by atoms with Gasteiger partial charge >= 0.3 is 0 Å². The molecule has 362 valence electrons. The fraction of sp³-hybridized carbons (Fsp3) is 0.0278. The number of hydrogen-bond donors (Lipinski definition) is 0. The normalized spacial score (nSPS) is 11.8. The fourth-order valence-electron chi connectivity index (χ4n) is 11.2. The van der Waals surface area contributed by atoms with E-state index in [0.29, 0.717) is 5.82 Å². The summed E-state index contributed by atoms with van der Waals surface area (Å²) in [5, 5.41) is 6.11. The minimum atomic E-state index is 0.682. The monoisotopic (exact) mass is 974 g/mol. The highest BCUT2D eigenvalue weighted by Crippen LogP contribution is 2.51. The first-order chi connectivity index (χ1) is 37.4. The van der Waals surface area contributed by atoms with E-state index in [4.69, 9.17) is 9.97 Å². The number of rotatable bonds is 11. The van der Waals surface area contributed by atoms with Crippen molar-refractivity contribution < 1.29 is 0 Å². The van der Waals surface area contributed by atoms with Gasteiger partial charge in [-0.1, -0.05) is 196 Å². The molecule has 0 saturated carbocycles. The SMILES string of the molecule is C=C/C(=C\C=C/C)c1cccc(-n2c3ccc(-c4ccc5c(c4)c(C=C)c(C=C)n5-c4cccc(-c5cc(-c6ccccc6)nc(-c6ccccc6)n5)c4)cc3c3c4cccc5c4c(cc32)-c2ccccc2-5)c1.C=CC. The van der Waals surface area contributed by atoms with Gasteiger partial charge in [0, 0.05) is 49.8 Å². The van der Waals surface area contributed by atoms with E-state index in [1.54, 1.807) is 6.08 Å². The average Bonchev–Trinajstić information content (AvgIpc) is 4.16. The molecule has 4 heteroatoms. The summed E-state index contributed by atoms with van der Waals surface area (Å²) in [6.45, 7) is 20.2. The summed E-state index contributed by atoms with van der Waals surface area (Å²) in [7, 11) is 0. The van der Waals surface area contributed by atoms with Crippen LogP contribution < -0.4 is 0 Å². The second-order valence-corrected chi connectivity index (χ2v) is 19.0. The summed E-state index contributed by atoms with van der Waals surface area (Å²) in [4.78, 5) is 10.2. The van der Waals surface area contributed by atoms with Crippen molar-refractivity contribution in [2.75, 3.05) is 0 Å². The molecule has 4 nitrogen and oxygen atoms in total. The third-order valence-corrected chi connectivity index (χ3v) is 14.5. The first-order valence-electron chi connectivity index (χ1n) is 25.8. The van der Waals surface area contributed by atoms with Crippen molar-refractivity contribution in [1.29, 1.82) is 0 Å². The standard InChI is InChI=1S/C69H48N4.C3H6/c1-5-9-21-44(6-2)47-26-18-28-51(38-47)73-65-37-35-49(41-60(65)68-57-33-20-32-56-54-30-16-17-31-55(54)59(67(56)57)42-66(68)73)48-34-36-64-58(40-48)53(7-3)63(8-4)72(64)52-29-19-27-50(39-52)62-43-61(45-22-12-10-13-23-45)70-69(71-62)46-24-14-11-15-25-46;1-3-2/h5-43H,2-4H2,1H3;3H,1H2,2H3/b9-5-,44-21+;. The fourth-order valence-corrected chi connectivity index (χ4v) is 11.2. The van der Waals surface area contributed by atoms with E-state index >= 15 is 0 Å². The molecule has 0 unspecified atom stereocenters. The Balaban J connectivity index is 0.00000190. The Labute approximate surface area is 444 Å². The van der Waals surface area contributed by atoms with Crippen LogP contribution in [0.25, 0.3) is 140 Å². The summed E-state index contributed by atoms with van der Waals surface area (Å²) in [5.41, 5.74) is 21.7. The molecule has 12 aromatic rings. The zero-order valence-corrected chi connectivity index (χ0v) is 42.7. The molecule has 0 bridgehead atoms. The Morgan fingerprint density at radius 3 is 1.71 bits per heavy atom. The van der Waals surface area contributed by atoms with Crippen molar-refractivity contribution in [3.8, 4) is 78.7 Å². The summed E-state index contributed by atoms with van der Waals surface area (Å²) >= 11 is 0. The van der Waals surface area contributed by atoms with Crippen LogP contribution in [0.3, 0.4) is 0 Å². The number of allylic oxidation sites excluding steroid dienone is 6. The zero-order valence-electron chi connectivity index (χ0n) is 42.7. The van der Waals surface area contributed by atoms with E-state index in [-0.39, 0.29) is 0 Å². The van der Waals surface area contributed by atoms with E-state index in [1.807, 2.05) is 74.5 Å². The first-order valence-corrected chi connectivity index (χ1v) is 25.8. The van der Waals surface area contributed by atoms with Crippen molar-refractivity contribution in [3.05, 3.63) is 274 Å². The maximum absolute atomic E-state index is 5.16. The second-order valence-electron chi connectivity index (χ2n) is 19.0. The Morgan fingerprint density at radius 1 is 0.434 bits per heavy atom. The molecular weight excluding hydrogens is 921 g/mol. The van der Waals surface area contributed by atoms with E-state index < -0.39 is 0 Å². The molecule has 0 atom stereocenters. The molecule has 3 heterocycles. The van der Waals surface area contributed by atoms with Crippen molar-refractivity contribution in [2.45, 2.75) is 13.8 Å². The summed E-state index contributed by atoms with van der Waals surface area (Å²) in [6, 6.07) is 71.9. The number of nitrogens with zero attached hydrogens (tertiary/aromatic N) is 4. The van der Waals surface area contributed by atoms with Gasteiger partial charge in [0.15, 0.2) is 5.82 Å². The lowest BCUT2D eigenvalue weighted by molar-refractivity contribution is 1.10. The predicted octanol–water partition coefficient (Wildman–Crippen LogP) is 19.6. The van der Waals surface area contributed by atoms with E-state index in [0.717, 1.165) is 89.4 Å². The van der Waals surface area contributed by atoms with Gasteiger partial charge in [-0.05, 0) is 136 Å². The smallest absolute Gasteiger partial charge is 0.160 e. The van der Waals surface area contributed by atoms with Crippen molar-refractivity contribution >= 4 is 61.2 Å². The van der Waals surface area contributed by atoms with Crippen molar-refractivity contribution in [3.63, 3.8) is 0 Å². The molecule has 0 radical (unpaired) electrons. The Bertz CT molecular complexity index is 4310. The molecule has 1 aliphatic carbocycles. The van der Waals surface area contributed by atoms with Crippen LogP contribution in [0.1, 0.15) is 30.7 Å². The van der Waals surface area contributed by atoms with Gasteiger partial charge in [-0.15, -0.1) is 6.58 Å². The van der Waals surface area contributed by atoms with E-state index in [1.165, 1.54) is 49.3 Å². The highest BCUT2D eigenvalue weighted by atomic mass is 15.0. The van der Waals surface area contributed by atoms with Gasteiger partial charge in [0.1, 0.15) is 0 Å². The Morgan fingerprint density at radius 2 is 1.03 bits per heavy atom. The molecule has 0 aliphatic heterocycles. The van der Waals surface area contributed by atoms with Gasteiger partial charge in [-0.25, -0.2) is 9.97 Å². The Kier molecular flexibility index (Phi) is 12.3. The van der Waals surface area contributed by atoms with Crippen molar-refractivity contribution in [1.82, 2.24) is 19.1 Å². The summed E-state index contributed by atoms with van der Waals surface area (Å²) in [5.74, 6) is 0.682. The average molecular weight is 975 g/mol. The molecule has 0 fully saturated rings. The molecule has 76 heavy (non-hydrogen) atoms. The summed E-state index contributed by atoms with van der Waals surface area (Å²) in [6.07, 6.45) is 13.8. The topological polar surface area (TPSA) is 35.6 Å². The lowest BCUT2D eigenvalue weighted by Crippen LogP contribution is -1.99. The van der Waals surface area contributed by atoms with Crippen LogP contribution in [0, 0.1) is 0 Å². The van der Waals surface area contributed by atoms with Gasteiger partial charge in [0.25, 0.3) is 0 Å². The van der Waals surface area contributed by atoms with Crippen LogP contribution in [0.5, 0.6) is 0 Å². The number of aromatic nitrogens is 4. The van der Waals surface area contributed by atoms with Crippen LogP contribution in [0.15, 0.2) is 257 Å². The predicted molar refractivity (Wildman–Crippen MR) is 326 cm³/mol. The van der Waals surface area contributed by atoms with Gasteiger partial charge < -0.3 is 9.13 Å². The third kappa shape index (κ3) is 7.96. The first kappa shape index (κ1) is 47.1. The molecular formula is C72H54N4. The summed E-state index contributed by atoms with van der Waals surface area (Å²) < 4.78 is 4.75. The molecule has 1 aliphatic rings. The van der Waals surface area contributed by atoms with Crippen LogP contribution in [-0.4, -0.2) is 19.1 Å². The quantitative estimate of drug-likeness (QED) is 0.0956. The van der Waals surface area contributed by atoms with Crippen LogP contribution >= 0.6 is 0 Å². The highest BCUT2D eigenvalue weighted by Gasteiger charge is 2.26. The van der Waals surface area contributed by atoms with Gasteiger partial charge in [0.05, 0.1) is 33.6 Å². The van der Waals surface area contributed by atoms with Gasteiger partial charge in [-0.2, -0.15) is 0 Å². The molecule has 9 aromatic carbocycles. The van der Waals surface area contributed by atoms with Gasteiger partial charge in [0.2, 0.25) is 0 Å². The van der Waals surface area contributed by atoms with Crippen LogP contribution in [0.2, 0.25) is 0 Å². The van der Waals surface area contributed by atoms with Crippen LogP contribution in [0.4, 0.5) is 0 Å². The molecule has 13 rings (SSSR count). The largest absolute Gasteiger partial charge is 0.309 e. The maximum atomic E-state index is 5.16. The number of fused-ring (bicyclic) bond motifs is 8. The molecule has 0 saturated heterocycles. The van der Waals surface area contributed by atoms with Crippen LogP contribution in [-0.2, 0) is 0 Å². The molecule has 3 aromatic heterocycles. The van der Waals surface area contributed by atoms with E-state index in [2.05, 4.69) is 211 Å². The molecule has 0 N–H and O–H groups in total. The van der Waals surface area contributed by atoms with Crippen molar-refractivity contribution in [2.24, 2.45) is 0 Å². The minimum absolute atomic E-state index is 0.682. The number of hydrogen-bond acceptors (Lipinski definition) is 2. The lowest BCUT2D eigenvalue weighted by Gasteiger charge is -2.13. The second kappa shape index (κ2) is 19.8. The Hall–Kier alpha value is -9.90. The molecule has 0 spiro atoms. The zero-order chi connectivity index (χ0) is 51.9. The van der Waals surface area contributed by atoms with Gasteiger partial charge in [-0.3, -0.25) is 0 Å². The van der Waals surface area contributed by atoms with E-state index in [9.17, 15) is 0 Å². The lowest BCUT2D eigenvalue weighted by atomic mass is 9.96. The maximum Gasteiger partial charge on any atom is 0.160 e. The number of benzene rings is 9. The molecule has 0 amide bonds. The highest BCUT2D eigenvalue weighted by molar-refractivity contribution is 6.29.